The number of thiophene rings is 1. The van der Waals surface area contributed by atoms with E-state index in [1.165, 1.54) is 29.9 Å². The van der Waals surface area contributed by atoms with Crippen molar-refractivity contribution in [3.05, 3.63) is 46.7 Å². The molecule has 1 aromatic carbocycles. The first-order chi connectivity index (χ1) is 14.0. The SMILES string of the molecule is Cc1nn(-c2ccc(F)cc2)c2sc(C(=O)OCC(=O)NC3CCCCC3)cc12. The number of fused-ring (bicyclic) bond motifs is 1. The summed E-state index contributed by atoms with van der Waals surface area (Å²) in [4.78, 5) is 25.7. The van der Waals surface area contributed by atoms with E-state index in [1.54, 1.807) is 22.9 Å². The molecule has 152 valence electrons. The number of hydrogen-bond donors (Lipinski definition) is 1. The van der Waals surface area contributed by atoms with Crippen LogP contribution in [-0.2, 0) is 9.53 Å². The number of aryl methyl sites for hydroxylation is 1. The zero-order valence-corrected chi connectivity index (χ0v) is 16.9. The van der Waals surface area contributed by atoms with Gasteiger partial charge in [-0.25, -0.2) is 13.9 Å². The van der Waals surface area contributed by atoms with Crippen LogP contribution in [-0.4, -0.2) is 34.3 Å². The van der Waals surface area contributed by atoms with Gasteiger partial charge in [-0.1, -0.05) is 19.3 Å². The second-order valence-electron chi connectivity index (χ2n) is 7.28. The first-order valence-corrected chi connectivity index (χ1v) is 10.5. The lowest BCUT2D eigenvalue weighted by Crippen LogP contribution is -2.38. The molecule has 3 aromatic rings. The van der Waals surface area contributed by atoms with Gasteiger partial charge in [0.25, 0.3) is 5.91 Å². The van der Waals surface area contributed by atoms with Crippen molar-refractivity contribution in [3.8, 4) is 5.69 Å². The standard InChI is InChI=1S/C21H22FN3O3S/c1-13-17-11-18(21(27)28-12-19(26)23-15-5-3-2-4-6-15)29-20(17)25(24-13)16-9-7-14(22)8-10-16/h7-11,15H,2-6,12H2,1H3,(H,23,26). The van der Waals surface area contributed by atoms with Crippen LogP contribution in [0.4, 0.5) is 4.39 Å². The Morgan fingerprint density at radius 2 is 1.97 bits per heavy atom. The van der Waals surface area contributed by atoms with E-state index in [2.05, 4.69) is 10.4 Å². The van der Waals surface area contributed by atoms with Crippen molar-refractivity contribution in [2.45, 2.75) is 45.1 Å². The summed E-state index contributed by atoms with van der Waals surface area (Å²) in [5.41, 5.74) is 1.47. The Kier molecular flexibility index (Phi) is 5.62. The first kappa shape index (κ1) is 19.6. The minimum Gasteiger partial charge on any atom is -0.451 e. The molecule has 6 nitrogen and oxygen atoms in total. The highest BCUT2D eigenvalue weighted by Crippen LogP contribution is 2.30. The quantitative estimate of drug-likeness (QED) is 0.636. The van der Waals surface area contributed by atoms with Crippen LogP contribution < -0.4 is 5.32 Å². The number of benzene rings is 1. The smallest absolute Gasteiger partial charge is 0.348 e. The van der Waals surface area contributed by atoms with Crippen LogP contribution in [0.2, 0.25) is 0 Å². The lowest BCUT2D eigenvalue weighted by atomic mass is 9.95. The monoisotopic (exact) mass is 415 g/mol. The van der Waals surface area contributed by atoms with E-state index < -0.39 is 5.97 Å². The molecule has 29 heavy (non-hydrogen) atoms. The van der Waals surface area contributed by atoms with Gasteiger partial charge in [0.05, 0.1) is 11.4 Å². The maximum Gasteiger partial charge on any atom is 0.348 e. The van der Waals surface area contributed by atoms with Crippen LogP contribution in [0.15, 0.2) is 30.3 Å². The van der Waals surface area contributed by atoms with Crippen molar-refractivity contribution in [2.75, 3.05) is 6.61 Å². The Morgan fingerprint density at radius 1 is 1.24 bits per heavy atom. The lowest BCUT2D eigenvalue weighted by molar-refractivity contribution is -0.125. The van der Waals surface area contributed by atoms with Crippen LogP contribution in [0.1, 0.15) is 47.5 Å². The summed E-state index contributed by atoms with van der Waals surface area (Å²) in [7, 11) is 0. The van der Waals surface area contributed by atoms with E-state index in [4.69, 9.17) is 4.74 Å². The Morgan fingerprint density at radius 3 is 2.69 bits per heavy atom. The van der Waals surface area contributed by atoms with Crippen LogP contribution >= 0.6 is 11.3 Å². The first-order valence-electron chi connectivity index (χ1n) is 9.73. The summed E-state index contributed by atoms with van der Waals surface area (Å²) in [5, 5.41) is 8.24. The molecule has 0 unspecified atom stereocenters. The molecule has 0 radical (unpaired) electrons. The Labute approximate surface area is 171 Å². The molecular weight excluding hydrogens is 393 g/mol. The second kappa shape index (κ2) is 8.32. The van der Waals surface area contributed by atoms with Gasteiger partial charge in [-0.2, -0.15) is 5.10 Å². The van der Waals surface area contributed by atoms with Crippen molar-refractivity contribution < 1.29 is 18.7 Å². The summed E-state index contributed by atoms with van der Waals surface area (Å²) >= 11 is 1.24. The molecule has 0 bridgehead atoms. The van der Waals surface area contributed by atoms with Gasteiger partial charge in [-0.05, 0) is 50.1 Å². The highest BCUT2D eigenvalue weighted by atomic mass is 32.1. The minimum atomic E-state index is -0.532. The number of hydrogen-bond acceptors (Lipinski definition) is 5. The number of carbonyl (C=O) groups excluding carboxylic acids is 2. The van der Waals surface area contributed by atoms with Gasteiger partial charge in [0.2, 0.25) is 0 Å². The molecule has 1 aliphatic rings. The zero-order chi connectivity index (χ0) is 20.4. The Bertz CT molecular complexity index is 1040. The predicted molar refractivity (Wildman–Crippen MR) is 109 cm³/mol. The third-order valence-corrected chi connectivity index (χ3v) is 6.21. The van der Waals surface area contributed by atoms with Gasteiger partial charge in [-0.3, -0.25) is 4.79 Å². The third-order valence-electron chi connectivity index (χ3n) is 5.12. The summed E-state index contributed by atoms with van der Waals surface area (Å²) in [6.07, 6.45) is 5.42. The van der Waals surface area contributed by atoms with Gasteiger partial charge < -0.3 is 10.1 Å². The van der Waals surface area contributed by atoms with Crippen LogP contribution in [0.5, 0.6) is 0 Å². The van der Waals surface area contributed by atoms with Gasteiger partial charge in [0.15, 0.2) is 6.61 Å². The van der Waals surface area contributed by atoms with E-state index in [1.807, 2.05) is 6.92 Å². The van der Waals surface area contributed by atoms with Crippen molar-refractivity contribution in [3.63, 3.8) is 0 Å². The fourth-order valence-electron chi connectivity index (χ4n) is 3.62. The minimum absolute atomic E-state index is 0.184. The molecule has 0 aliphatic heterocycles. The lowest BCUT2D eigenvalue weighted by Gasteiger charge is -2.22. The van der Waals surface area contributed by atoms with Crippen LogP contribution in [0.3, 0.4) is 0 Å². The number of rotatable bonds is 5. The maximum absolute atomic E-state index is 13.2. The molecule has 1 amide bonds. The van der Waals surface area contributed by atoms with Gasteiger partial charge in [0.1, 0.15) is 15.5 Å². The van der Waals surface area contributed by atoms with Crippen LogP contribution in [0, 0.1) is 12.7 Å². The summed E-state index contributed by atoms with van der Waals surface area (Å²) < 4.78 is 20.1. The summed E-state index contributed by atoms with van der Waals surface area (Å²) in [5.74, 6) is -1.12. The molecule has 2 heterocycles. The number of aromatic nitrogens is 2. The van der Waals surface area contributed by atoms with E-state index in [0.29, 0.717) is 10.6 Å². The maximum atomic E-state index is 13.2. The number of nitrogens with zero attached hydrogens (tertiary/aromatic N) is 2. The third kappa shape index (κ3) is 4.32. The zero-order valence-electron chi connectivity index (χ0n) is 16.1. The average molecular weight is 415 g/mol. The van der Waals surface area contributed by atoms with Gasteiger partial charge in [0, 0.05) is 11.4 Å². The number of esters is 1. The number of amides is 1. The molecule has 2 aromatic heterocycles. The average Bonchev–Trinajstić information content (AvgIpc) is 3.28. The molecule has 4 rings (SSSR count). The number of ether oxygens (including phenoxy) is 1. The summed E-state index contributed by atoms with van der Waals surface area (Å²) in [6, 6.07) is 7.91. The molecule has 0 saturated heterocycles. The normalized spacial score (nSPS) is 14.8. The highest BCUT2D eigenvalue weighted by molar-refractivity contribution is 7.20. The topological polar surface area (TPSA) is 73.2 Å². The Hall–Kier alpha value is -2.74. The molecule has 1 N–H and O–H groups in total. The largest absolute Gasteiger partial charge is 0.451 e. The van der Waals surface area contributed by atoms with Crippen molar-refractivity contribution in [2.24, 2.45) is 0 Å². The molecule has 0 atom stereocenters. The molecule has 1 aliphatic carbocycles. The van der Waals surface area contributed by atoms with Crippen molar-refractivity contribution >= 4 is 33.4 Å². The highest BCUT2D eigenvalue weighted by Gasteiger charge is 2.20. The Balaban J connectivity index is 1.45. The molecule has 1 fully saturated rings. The fraction of sp³-hybridized carbons (Fsp3) is 0.381. The van der Waals surface area contributed by atoms with Gasteiger partial charge >= 0.3 is 5.97 Å². The summed E-state index contributed by atoms with van der Waals surface area (Å²) in [6.45, 7) is 1.56. The predicted octanol–water partition coefficient (Wildman–Crippen LogP) is 4.14. The number of nitrogens with one attached hydrogen (secondary N) is 1. The molecule has 0 spiro atoms. The second-order valence-corrected chi connectivity index (χ2v) is 8.31. The van der Waals surface area contributed by atoms with E-state index in [9.17, 15) is 14.0 Å². The molecular formula is C21H22FN3O3S. The van der Waals surface area contributed by atoms with Crippen molar-refractivity contribution in [1.29, 1.82) is 0 Å². The molecule has 8 heteroatoms. The van der Waals surface area contributed by atoms with E-state index in [-0.39, 0.29) is 24.4 Å². The van der Waals surface area contributed by atoms with Crippen LogP contribution in [0.25, 0.3) is 15.9 Å². The fourth-order valence-corrected chi connectivity index (χ4v) is 4.70. The van der Waals surface area contributed by atoms with Gasteiger partial charge in [-0.15, -0.1) is 11.3 Å². The molecule has 1 saturated carbocycles. The van der Waals surface area contributed by atoms with Crippen molar-refractivity contribution in [1.82, 2.24) is 15.1 Å². The van der Waals surface area contributed by atoms with E-state index >= 15 is 0 Å². The number of halogens is 1. The number of carbonyl (C=O) groups is 2. The van der Waals surface area contributed by atoms with E-state index in [0.717, 1.165) is 41.6 Å².